The first-order chi connectivity index (χ1) is 14.3. The molecule has 1 aliphatic heterocycles. The normalized spacial score (nSPS) is 15.5. The third-order valence-electron chi connectivity index (χ3n) is 5.05. The molecule has 0 unspecified atom stereocenters. The van der Waals surface area contributed by atoms with E-state index in [9.17, 15) is 18.0 Å². The molecule has 1 aromatic carbocycles. The summed E-state index contributed by atoms with van der Waals surface area (Å²) in [7, 11) is 0. The fourth-order valence-corrected chi connectivity index (χ4v) is 3.92. The van der Waals surface area contributed by atoms with E-state index >= 15 is 0 Å². The highest BCUT2D eigenvalue weighted by Gasteiger charge is 2.38. The lowest BCUT2D eigenvalue weighted by molar-refractivity contribution is -0.146. The molecule has 0 bridgehead atoms. The summed E-state index contributed by atoms with van der Waals surface area (Å²) in [6, 6.07) is 10.8. The van der Waals surface area contributed by atoms with Crippen LogP contribution in [0, 0.1) is 5.92 Å². The van der Waals surface area contributed by atoms with Gasteiger partial charge < -0.3 is 10.2 Å². The molecule has 0 aliphatic carbocycles. The molecule has 0 radical (unpaired) electrons. The zero-order valence-corrected chi connectivity index (χ0v) is 17.3. The van der Waals surface area contributed by atoms with Gasteiger partial charge in [0.25, 0.3) is 5.82 Å². The molecular formula is C19H18BrF3N6O. The van der Waals surface area contributed by atoms with Crippen LogP contribution >= 0.6 is 15.9 Å². The van der Waals surface area contributed by atoms with Crippen molar-refractivity contribution >= 4 is 33.3 Å². The highest BCUT2D eigenvalue weighted by atomic mass is 79.9. The van der Waals surface area contributed by atoms with E-state index in [4.69, 9.17) is 0 Å². The monoisotopic (exact) mass is 482 g/mol. The van der Waals surface area contributed by atoms with Crippen LogP contribution in [0.15, 0.2) is 40.9 Å². The van der Waals surface area contributed by atoms with E-state index in [1.165, 1.54) is 6.07 Å². The zero-order chi connectivity index (χ0) is 21.3. The molecule has 1 aliphatic rings. The Balaban J connectivity index is 1.37. The second-order valence-electron chi connectivity index (χ2n) is 7.09. The maximum atomic E-state index is 13.1. The average Bonchev–Trinajstić information content (AvgIpc) is 3.16. The minimum Gasteiger partial charge on any atom is -0.355 e. The van der Waals surface area contributed by atoms with Gasteiger partial charge in [0.2, 0.25) is 5.91 Å². The predicted molar refractivity (Wildman–Crippen MR) is 107 cm³/mol. The summed E-state index contributed by atoms with van der Waals surface area (Å²) >= 11 is 3.41. The maximum absolute atomic E-state index is 13.1. The van der Waals surface area contributed by atoms with Crippen molar-refractivity contribution in [3.63, 3.8) is 0 Å². The summed E-state index contributed by atoms with van der Waals surface area (Å²) in [5, 5.41) is 13.7. The average molecular weight is 483 g/mol. The van der Waals surface area contributed by atoms with Gasteiger partial charge in [-0.05, 0) is 42.7 Å². The Kier molecular flexibility index (Phi) is 5.63. The van der Waals surface area contributed by atoms with E-state index in [1.807, 2.05) is 29.2 Å². The number of nitrogens with one attached hydrogen (secondary N) is 1. The third-order valence-corrected chi connectivity index (χ3v) is 5.54. The van der Waals surface area contributed by atoms with Gasteiger partial charge >= 0.3 is 6.18 Å². The minimum atomic E-state index is -4.63. The molecular weight excluding hydrogens is 465 g/mol. The number of alkyl halides is 3. The lowest BCUT2D eigenvalue weighted by atomic mass is 9.96. The van der Waals surface area contributed by atoms with Crippen molar-refractivity contribution in [1.82, 2.24) is 25.1 Å². The molecule has 158 valence electrons. The Morgan fingerprint density at radius 2 is 1.93 bits per heavy atom. The van der Waals surface area contributed by atoms with E-state index in [0.717, 1.165) is 10.0 Å². The number of fused-ring (bicyclic) bond motifs is 1. The number of hydrogen-bond donors (Lipinski definition) is 1. The van der Waals surface area contributed by atoms with Gasteiger partial charge in [0, 0.05) is 30.0 Å². The van der Waals surface area contributed by atoms with Gasteiger partial charge in [-0.2, -0.15) is 17.7 Å². The van der Waals surface area contributed by atoms with Crippen molar-refractivity contribution in [2.75, 3.05) is 18.0 Å². The molecule has 3 aromatic rings. The molecule has 2 aromatic heterocycles. The van der Waals surface area contributed by atoms with E-state index in [1.54, 1.807) is 6.07 Å². The molecule has 0 saturated carbocycles. The predicted octanol–water partition coefficient (Wildman–Crippen LogP) is 3.44. The standard InChI is InChI=1S/C19H18BrF3N6O/c20-14-3-1-2-12(10-14)11-24-17(30)13-6-8-28(9-7-13)16-5-4-15-25-26-18(19(21,22)23)29(15)27-16/h1-5,10,13H,6-9,11H2,(H,24,30). The molecule has 0 atom stereocenters. The number of anilines is 1. The Hall–Kier alpha value is -2.69. The van der Waals surface area contributed by atoms with Crippen molar-refractivity contribution in [2.24, 2.45) is 5.92 Å². The van der Waals surface area contributed by atoms with Gasteiger partial charge in [-0.1, -0.05) is 28.1 Å². The first kappa shape index (κ1) is 20.6. The Bertz CT molecular complexity index is 1060. The van der Waals surface area contributed by atoms with Crippen LogP contribution in [0.5, 0.6) is 0 Å². The summed E-state index contributed by atoms with van der Waals surface area (Å²) in [4.78, 5) is 14.4. The summed E-state index contributed by atoms with van der Waals surface area (Å²) in [5.41, 5.74) is 1.04. The zero-order valence-electron chi connectivity index (χ0n) is 15.7. The van der Waals surface area contributed by atoms with Crippen molar-refractivity contribution in [3.05, 3.63) is 52.3 Å². The Labute approximate surface area is 178 Å². The summed E-state index contributed by atoms with van der Waals surface area (Å²) < 4.78 is 40.8. The smallest absolute Gasteiger partial charge is 0.355 e. The van der Waals surface area contributed by atoms with Crippen molar-refractivity contribution in [3.8, 4) is 0 Å². The van der Waals surface area contributed by atoms with Crippen LogP contribution in [0.3, 0.4) is 0 Å². The molecule has 0 spiro atoms. The van der Waals surface area contributed by atoms with Gasteiger partial charge in [0.05, 0.1) is 0 Å². The quantitative estimate of drug-likeness (QED) is 0.616. The first-order valence-electron chi connectivity index (χ1n) is 9.38. The lowest BCUT2D eigenvalue weighted by Gasteiger charge is -2.32. The molecule has 1 fully saturated rings. The SMILES string of the molecule is O=C(NCc1cccc(Br)c1)C1CCN(c2ccc3nnc(C(F)(F)F)n3n2)CC1. The van der Waals surface area contributed by atoms with E-state index < -0.39 is 12.0 Å². The van der Waals surface area contributed by atoms with E-state index in [0.29, 0.717) is 42.8 Å². The number of nitrogens with zero attached hydrogens (tertiary/aromatic N) is 5. The number of benzene rings is 1. The topological polar surface area (TPSA) is 75.4 Å². The number of carbonyl (C=O) groups is 1. The largest absolute Gasteiger partial charge is 0.453 e. The highest BCUT2D eigenvalue weighted by molar-refractivity contribution is 9.10. The number of piperidine rings is 1. The number of rotatable bonds is 4. The number of amides is 1. The molecule has 1 saturated heterocycles. The van der Waals surface area contributed by atoms with Gasteiger partial charge in [0.1, 0.15) is 5.82 Å². The highest BCUT2D eigenvalue weighted by Crippen LogP contribution is 2.28. The molecule has 30 heavy (non-hydrogen) atoms. The van der Waals surface area contributed by atoms with E-state index in [2.05, 4.69) is 36.5 Å². The van der Waals surface area contributed by atoms with Crippen LogP contribution in [0.1, 0.15) is 24.2 Å². The second kappa shape index (κ2) is 8.21. The number of halogens is 4. The number of hydrogen-bond acceptors (Lipinski definition) is 5. The van der Waals surface area contributed by atoms with Crippen LogP contribution in [-0.2, 0) is 17.5 Å². The molecule has 1 amide bonds. The van der Waals surface area contributed by atoms with E-state index in [-0.39, 0.29) is 17.5 Å². The molecule has 3 heterocycles. The Morgan fingerprint density at radius 1 is 1.17 bits per heavy atom. The summed E-state index contributed by atoms with van der Waals surface area (Å²) in [5.74, 6) is -0.907. The third kappa shape index (κ3) is 4.40. The minimum absolute atomic E-state index is 0.0174. The molecule has 11 heteroatoms. The number of carbonyl (C=O) groups excluding carboxylic acids is 1. The molecule has 7 nitrogen and oxygen atoms in total. The van der Waals surface area contributed by atoms with Crippen LogP contribution in [-0.4, -0.2) is 38.8 Å². The van der Waals surface area contributed by atoms with Crippen molar-refractivity contribution < 1.29 is 18.0 Å². The van der Waals surface area contributed by atoms with Gasteiger partial charge in [-0.15, -0.1) is 15.3 Å². The van der Waals surface area contributed by atoms with Gasteiger partial charge in [0.15, 0.2) is 5.65 Å². The molecule has 4 rings (SSSR count). The van der Waals surface area contributed by atoms with Crippen LogP contribution < -0.4 is 10.2 Å². The van der Waals surface area contributed by atoms with Crippen LogP contribution in [0.4, 0.5) is 19.0 Å². The Morgan fingerprint density at radius 3 is 2.63 bits per heavy atom. The first-order valence-corrected chi connectivity index (χ1v) is 10.2. The van der Waals surface area contributed by atoms with Crippen molar-refractivity contribution in [1.29, 1.82) is 0 Å². The van der Waals surface area contributed by atoms with Crippen LogP contribution in [0.2, 0.25) is 0 Å². The lowest BCUT2D eigenvalue weighted by Crippen LogP contribution is -2.40. The van der Waals surface area contributed by atoms with Gasteiger partial charge in [-0.3, -0.25) is 4.79 Å². The fraction of sp³-hybridized carbons (Fsp3) is 0.368. The van der Waals surface area contributed by atoms with Gasteiger partial charge in [-0.25, -0.2) is 0 Å². The summed E-state index contributed by atoms with van der Waals surface area (Å²) in [6.45, 7) is 1.50. The fourth-order valence-electron chi connectivity index (χ4n) is 3.48. The van der Waals surface area contributed by atoms with Crippen molar-refractivity contribution in [2.45, 2.75) is 25.6 Å². The number of aromatic nitrogens is 4. The second-order valence-corrected chi connectivity index (χ2v) is 8.01. The van der Waals surface area contributed by atoms with Crippen LogP contribution in [0.25, 0.3) is 5.65 Å². The summed E-state index contributed by atoms with van der Waals surface area (Å²) in [6.07, 6.45) is -3.44. The maximum Gasteiger partial charge on any atom is 0.453 e. The molecule has 1 N–H and O–H groups in total.